The van der Waals surface area contributed by atoms with Gasteiger partial charge in [-0.15, -0.1) is 0 Å². The van der Waals surface area contributed by atoms with E-state index in [4.69, 9.17) is 0 Å². The number of hydrogen-bond donors (Lipinski definition) is 0. The van der Waals surface area contributed by atoms with Crippen LogP contribution in [0.25, 0.3) is 0 Å². The van der Waals surface area contributed by atoms with Crippen molar-refractivity contribution in [1.29, 1.82) is 0 Å². The van der Waals surface area contributed by atoms with Gasteiger partial charge in [-0.2, -0.15) is 0 Å². The molecule has 0 aliphatic rings. The molecule has 0 saturated heterocycles. The summed E-state index contributed by atoms with van der Waals surface area (Å²) in [6.07, 6.45) is 5.09. The fourth-order valence-electron chi connectivity index (χ4n) is 1.37. The van der Waals surface area contributed by atoms with Gasteiger partial charge in [0, 0.05) is 0 Å². The number of hydrogen-bond acceptors (Lipinski definition) is 0. The largest absolute Gasteiger partial charge is 0.204 e. The van der Waals surface area contributed by atoms with Crippen molar-refractivity contribution >= 4 is 0 Å². The van der Waals surface area contributed by atoms with E-state index in [-0.39, 0.29) is 11.5 Å². The smallest absolute Gasteiger partial charge is 0.161 e. The third-order valence-electron chi connectivity index (χ3n) is 3.06. The van der Waals surface area contributed by atoms with E-state index in [1.807, 2.05) is 6.92 Å². The number of rotatable bonds is 7. The molecule has 0 N–H and O–H groups in total. The van der Waals surface area contributed by atoms with E-state index in [9.17, 15) is 8.78 Å². The SMILES string of the molecule is C=C/C(F)=C(/F)C(=C)C(C)CCC(C)CC.CCC. The fraction of sp³-hybridized carbons (Fsp3) is 0.647. The molecule has 2 unspecified atom stereocenters. The van der Waals surface area contributed by atoms with Crippen molar-refractivity contribution in [3.8, 4) is 0 Å². The summed E-state index contributed by atoms with van der Waals surface area (Å²) in [5.74, 6) is -1.18. The fourth-order valence-corrected chi connectivity index (χ4v) is 1.37. The van der Waals surface area contributed by atoms with Crippen molar-refractivity contribution in [1.82, 2.24) is 0 Å². The van der Waals surface area contributed by atoms with Crippen molar-refractivity contribution in [2.75, 3.05) is 0 Å². The van der Waals surface area contributed by atoms with Crippen LogP contribution in [0.4, 0.5) is 8.78 Å². The molecule has 0 saturated carbocycles. The summed E-state index contributed by atoms with van der Waals surface area (Å²) < 4.78 is 26.3. The van der Waals surface area contributed by atoms with E-state index in [2.05, 4.69) is 40.9 Å². The molecular formula is C17H30F2. The van der Waals surface area contributed by atoms with Crippen molar-refractivity contribution in [2.45, 2.75) is 60.3 Å². The maximum Gasteiger partial charge on any atom is 0.161 e. The highest BCUT2D eigenvalue weighted by Gasteiger charge is 2.15. The lowest BCUT2D eigenvalue weighted by Crippen LogP contribution is -2.03. The maximum atomic E-state index is 13.4. The number of allylic oxidation sites excluding steroid dienone is 4. The van der Waals surface area contributed by atoms with Gasteiger partial charge in [0.25, 0.3) is 0 Å². The molecule has 0 aromatic carbocycles. The summed E-state index contributed by atoms with van der Waals surface area (Å²) in [5.41, 5.74) is 0.237. The molecule has 0 aliphatic heterocycles. The monoisotopic (exact) mass is 272 g/mol. The Bertz CT molecular complexity index is 290. The first-order valence-corrected chi connectivity index (χ1v) is 7.22. The van der Waals surface area contributed by atoms with E-state index in [1.54, 1.807) is 0 Å². The van der Waals surface area contributed by atoms with E-state index in [1.165, 1.54) is 6.42 Å². The lowest BCUT2D eigenvalue weighted by atomic mass is 9.91. The zero-order valence-electron chi connectivity index (χ0n) is 13.2. The first-order chi connectivity index (χ1) is 8.85. The van der Waals surface area contributed by atoms with Crippen LogP contribution in [0.1, 0.15) is 60.3 Å². The highest BCUT2D eigenvalue weighted by atomic mass is 19.2. The summed E-state index contributed by atoms with van der Waals surface area (Å²) in [7, 11) is 0. The van der Waals surface area contributed by atoms with Gasteiger partial charge in [0.15, 0.2) is 11.7 Å². The Balaban J connectivity index is 0. The van der Waals surface area contributed by atoms with E-state index >= 15 is 0 Å². The molecule has 0 heterocycles. The van der Waals surface area contributed by atoms with Crippen LogP contribution >= 0.6 is 0 Å². The molecule has 2 atom stereocenters. The number of halogens is 2. The van der Waals surface area contributed by atoms with Crippen molar-refractivity contribution < 1.29 is 8.78 Å². The van der Waals surface area contributed by atoms with Crippen molar-refractivity contribution in [3.05, 3.63) is 36.5 Å². The standard InChI is InChI=1S/C14H22F2.C3H8/c1-6-10(3)8-9-11(4)12(5)14(16)13(15)7-2;1-3-2/h7,10-11H,2,5-6,8-9H2,1,3-4H3;3H2,1-2H3/b14-13-;. The lowest BCUT2D eigenvalue weighted by molar-refractivity contribution is 0.441. The van der Waals surface area contributed by atoms with Crippen LogP contribution in [0.2, 0.25) is 0 Å². The maximum absolute atomic E-state index is 13.4. The predicted octanol–water partition coefficient (Wildman–Crippen LogP) is 6.76. The molecule has 0 nitrogen and oxygen atoms in total. The minimum absolute atomic E-state index is 0.0281. The van der Waals surface area contributed by atoms with Crippen LogP contribution in [-0.2, 0) is 0 Å². The van der Waals surface area contributed by atoms with Gasteiger partial charge in [0.2, 0.25) is 0 Å². The second-order valence-corrected chi connectivity index (χ2v) is 5.09. The summed E-state index contributed by atoms with van der Waals surface area (Å²) in [5, 5.41) is 0. The molecule has 0 aromatic rings. The summed E-state index contributed by atoms with van der Waals surface area (Å²) >= 11 is 0. The third kappa shape index (κ3) is 9.63. The zero-order valence-corrected chi connectivity index (χ0v) is 13.2. The lowest BCUT2D eigenvalue weighted by Gasteiger charge is -2.15. The van der Waals surface area contributed by atoms with Crippen LogP contribution in [0.3, 0.4) is 0 Å². The minimum atomic E-state index is -0.916. The van der Waals surface area contributed by atoms with Crippen molar-refractivity contribution in [2.24, 2.45) is 11.8 Å². The first kappa shape index (κ1) is 20.4. The molecule has 0 fully saturated rings. The normalized spacial score (nSPS) is 14.7. The predicted molar refractivity (Wildman–Crippen MR) is 82.4 cm³/mol. The zero-order chi connectivity index (χ0) is 15.4. The molecule has 19 heavy (non-hydrogen) atoms. The Morgan fingerprint density at radius 2 is 1.58 bits per heavy atom. The minimum Gasteiger partial charge on any atom is -0.204 e. The van der Waals surface area contributed by atoms with E-state index in [0.717, 1.165) is 25.3 Å². The first-order valence-electron chi connectivity index (χ1n) is 7.22. The van der Waals surface area contributed by atoms with E-state index in [0.29, 0.717) is 5.92 Å². The molecule has 0 aliphatic carbocycles. The van der Waals surface area contributed by atoms with Gasteiger partial charge in [-0.25, -0.2) is 8.78 Å². The molecule has 0 rings (SSSR count). The molecule has 112 valence electrons. The summed E-state index contributed by atoms with van der Waals surface area (Å²) in [4.78, 5) is 0. The molecule has 0 bridgehead atoms. The van der Waals surface area contributed by atoms with Crippen LogP contribution < -0.4 is 0 Å². The molecule has 0 aromatic heterocycles. The second kappa shape index (κ2) is 12.1. The average molecular weight is 272 g/mol. The van der Waals surface area contributed by atoms with Gasteiger partial charge in [-0.1, -0.05) is 67.0 Å². The van der Waals surface area contributed by atoms with Crippen LogP contribution in [0, 0.1) is 11.8 Å². The molecule has 0 radical (unpaired) electrons. The van der Waals surface area contributed by atoms with Gasteiger partial charge < -0.3 is 0 Å². The van der Waals surface area contributed by atoms with Gasteiger partial charge in [0.05, 0.1) is 0 Å². The highest BCUT2D eigenvalue weighted by molar-refractivity contribution is 5.30. The Morgan fingerprint density at radius 3 is 1.95 bits per heavy atom. The van der Waals surface area contributed by atoms with Crippen LogP contribution in [0.15, 0.2) is 36.5 Å². The Morgan fingerprint density at radius 1 is 1.11 bits per heavy atom. The van der Waals surface area contributed by atoms with Crippen molar-refractivity contribution in [3.63, 3.8) is 0 Å². The average Bonchev–Trinajstić information content (AvgIpc) is 2.42. The Kier molecular flexibility index (Phi) is 13.0. The Hall–Kier alpha value is -0.920. The molecule has 2 heteroatoms. The van der Waals surface area contributed by atoms with Gasteiger partial charge in [-0.05, 0) is 29.9 Å². The second-order valence-electron chi connectivity index (χ2n) is 5.09. The summed E-state index contributed by atoms with van der Waals surface area (Å²) in [6, 6.07) is 0. The molecular weight excluding hydrogens is 242 g/mol. The topological polar surface area (TPSA) is 0 Å². The third-order valence-corrected chi connectivity index (χ3v) is 3.06. The molecule has 0 amide bonds. The van der Waals surface area contributed by atoms with Gasteiger partial charge >= 0.3 is 0 Å². The molecule has 0 spiro atoms. The van der Waals surface area contributed by atoms with Crippen LogP contribution in [-0.4, -0.2) is 0 Å². The quantitative estimate of drug-likeness (QED) is 0.449. The van der Waals surface area contributed by atoms with E-state index < -0.39 is 11.7 Å². The van der Waals surface area contributed by atoms with Gasteiger partial charge in [-0.3, -0.25) is 0 Å². The summed E-state index contributed by atoms with van der Waals surface area (Å²) in [6.45, 7) is 17.2. The van der Waals surface area contributed by atoms with Crippen LogP contribution in [0.5, 0.6) is 0 Å². The Labute approximate surface area is 118 Å². The highest BCUT2D eigenvalue weighted by Crippen LogP contribution is 2.28. The van der Waals surface area contributed by atoms with Gasteiger partial charge in [0.1, 0.15) is 0 Å².